The van der Waals surface area contributed by atoms with Gasteiger partial charge in [0.2, 0.25) is 5.91 Å². The minimum Gasteiger partial charge on any atom is -0.479 e. The van der Waals surface area contributed by atoms with Gasteiger partial charge in [-0.25, -0.2) is 4.79 Å². The quantitative estimate of drug-likeness (QED) is 0.426. The van der Waals surface area contributed by atoms with E-state index in [0.29, 0.717) is 17.7 Å². The Hall–Kier alpha value is -3.15. The number of benzene rings is 1. The number of hydrogen-bond donors (Lipinski definition) is 4. The number of aryl methyl sites for hydroxylation is 1. The number of anilines is 1. The van der Waals surface area contributed by atoms with Crippen molar-refractivity contribution in [2.75, 3.05) is 11.9 Å². The number of carbonyl (C=O) groups is 2. The number of ether oxygens (including phenoxy) is 2. The molecular formula is C22H27ClN4O7. The molecule has 2 amide bonds. The van der Waals surface area contributed by atoms with Gasteiger partial charge in [-0.2, -0.15) is 0 Å². The first-order valence-corrected chi connectivity index (χ1v) is 11.2. The number of nitrogens with one attached hydrogen (secondary N) is 3. The summed E-state index contributed by atoms with van der Waals surface area (Å²) < 4.78 is 12.6. The molecule has 0 bridgehead atoms. The van der Waals surface area contributed by atoms with Gasteiger partial charge >= 0.3 is 5.69 Å². The van der Waals surface area contributed by atoms with Gasteiger partial charge in [-0.1, -0.05) is 18.5 Å². The van der Waals surface area contributed by atoms with E-state index in [0.717, 1.165) is 0 Å². The molecule has 1 aliphatic rings. The van der Waals surface area contributed by atoms with Gasteiger partial charge in [-0.05, 0) is 31.5 Å². The molecule has 1 aromatic carbocycles. The fraction of sp³-hybridized carbons (Fsp3) is 0.455. The van der Waals surface area contributed by atoms with Crippen LogP contribution in [0.1, 0.15) is 39.0 Å². The molecule has 2 aromatic rings. The molecule has 1 aromatic heterocycles. The van der Waals surface area contributed by atoms with Crippen LogP contribution in [0.3, 0.4) is 0 Å². The zero-order chi connectivity index (χ0) is 25.0. The summed E-state index contributed by atoms with van der Waals surface area (Å²) in [6, 6.07) is 4.64. The van der Waals surface area contributed by atoms with Crippen LogP contribution in [0.15, 0.2) is 34.0 Å². The van der Waals surface area contributed by atoms with Crippen LogP contribution >= 0.6 is 11.6 Å². The minimum atomic E-state index is -0.929. The highest BCUT2D eigenvalue weighted by Crippen LogP contribution is 2.29. The second-order valence-electron chi connectivity index (χ2n) is 7.94. The van der Waals surface area contributed by atoms with Crippen molar-refractivity contribution < 1.29 is 24.2 Å². The van der Waals surface area contributed by atoms with Crippen LogP contribution in [0.25, 0.3) is 0 Å². The molecule has 4 atom stereocenters. The van der Waals surface area contributed by atoms with Crippen molar-refractivity contribution in [3.05, 3.63) is 55.8 Å². The minimum absolute atomic E-state index is 0.0157. The maximum absolute atomic E-state index is 12.5. The Morgan fingerprint density at radius 1 is 1.38 bits per heavy atom. The molecule has 0 spiro atoms. The first-order chi connectivity index (χ1) is 16.1. The van der Waals surface area contributed by atoms with Crippen molar-refractivity contribution in [2.24, 2.45) is 0 Å². The van der Waals surface area contributed by atoms with E-state index in [4.69, 9.17) is 21.1 Å². The molecule has 1 fully saturated rings. The topological polar surface area (TPSA) is 152 Å². The summed E-state index contributed by atoms with van der Waals surface area (Å²) in [5.41, 5.74) is -0.168. The largest absolute Gasteiger partial charge is 0.479 e. The summed E-state index contributed by atoms with van der Waals surface area (Å²) in [4.78, 5) is 49.8. The first kappa shape index (κ1) is 25.5. The molecule has 11 nitrogen and oxygen atoms in total. The van der Waals surface area contributed by atoms with Crippen molar-refractivity contribution in [1.82, 2.24) is 14.9 Å². The Labute approximate surface area is 200 Å². The highest BCUT2D eigenvalue weighted by atomic mass is 35.5. The summed E-state index contributed by atoms with van der Waals surface area (Å²) in [5.74, 6) is -0.442. The Morgan fingerprint density at radius 2 is 2.12 bits per heavy atom. The highest BCUT2D eigenvalue weighted by Gasteiger charge is 2.36. The van der Waals surface area contributed by atoms with E-state index in [1.165, 1.54) is 36.7 Å². The van der Waals surface area contributed by atoms with Crippen molar-refractivity contribution in [3.8, 4) is 5.75 Å². The van der Waals surface area contributed by atoms with E-state index in [9.17, 15) is 24.3 Å². The first-order valence-electron chi connectivity index (χ1n) is 10.8. The maximum atomic E-state index is 12.5. The molecule has 4 N–H and O–H groups in total. The van der Waals surface area contributed by atoms with Gasteiger partial charge in [0.25, 0.3) is 11.5 Å². The summed E-state index contributed by atoms with van der Waals surface area (Å²) >= 11 is 6.17. The third-order valence-corrected chi connectivity index (χ3v) is 5.63. The van der Waals surface area contributed by atoms with Crippen LogP contribution in [-0.4, -0.2) is 51.3 Å². The maximum Gasteiger partial charge on any atom is 0.330 e. The molecule has 12 heteroatoms. The van der Waals surface area contributed by atoms with E-state index < -0.39 is 41.7 Å². The SMILES string of the molecule is CCc1cn([C@@H]2CC(O)[C@H](CNC(=O)[C@H](C)Oc3ccc(NC(C)=O)cc3Cl)O2)c(=O)[nH]c1=O. The van der Waals surface area contributed by atoms with Gasteiger partial charge in [0.15, 0.2) is 6.10 Å². The van der Waals surface area contributed by atoms with Crippen LogP contribution in [0.5, 0.6) is 5.75 Å². The lowest BCUT2D eigenvalue weighted by Gasteiger charge is -2.19. The fourth-order valence-electron chi connectivity index (χ4n) is 3.53. The van der Waals surface area contributed by atoms with E-state index in [1.807, 2.05) is 0 Å². The van der Waals surface area contributed by atoms with Crippen molar-refractivity contribution >= 4 is 29.1 Å². The highest BCUT2D eigenvalue weighted by molar-refractivity contribution is 6.32. The van der Waals surface area contributed by atoms with E-state index in [1.54, 1.807) is 13.0 Å². The van der Waals surface area contributed by atoms with Crippen molar-refractivity contribution in [3.63, 3.8) is 0 Å². The monoisotopic (exact) mass is 494 g/mol. The number of aromatic nitrogens is 2. The number of nitrogens with zero attached hydrogens (tertiary/aromatic N) is 1. The van der Waals surface area contributed by atoms with Gasteiger partial charge in [0, 0.05) is 37.3 Å². The number of carbonyl (C=O) groups excluding carboxylic acids is 2. The Kier molecular flexibility index (Phi) is 8.13. The van der Waals surface area contributed by atoms with Crippen molar-refractivity contribution in [2.45, 2.75) is 58.2 Å². The standard InChI is InChI=1S/C22H27ClN4O7/c1-4-13-10-27(22(32)26-21(13)31)19-8-16(29)18(34-19)9-24-20(30)11(2)33-17-6-5-14(7-15(17)23)25-12(3)28/h5-7,10-11,16,18-19,29H,4,8-9H2,1-3H3,(H,24,30)(H,25,28)(H,26,31,32)/t11-,16?,18-,19-/m0/s1. The third-order valence-electron chi connectivity index (χ3n) is 5.34. The van der Waals surface area contributed by atoms with E-state index in [-0.39, 0.29) is 29.6 Å². The van der Waals surface area contributed by atoms with Crippen LogP contribution in [0.2, 0.25) is 5.02 Å². The summed E-state index contributed by atoms with van der Waals surface area (Å²) in [6.07, 6.45) is -1.39. The normalized spacial score (nSPS) is 20.6. The van der Waals surface area contributed by atoms with Crippen LogP contribution < -0.4 is 26.6 Å². The second-order valence-corrected chi connectivity index (χ2v) is 8.35. The number of amides is 2. The molecular weight excluding hydrogens is 468 g/mol. The Bertz CT molecular complexity index is 1180. The lowest BCUT2D eigenvalue weighted by molar-refractivity contribution is -0.128. The number of aromatic amines is 1. The van der Waals surface area contributed by atoms with Gasteiger partial charge < -0.3 is 25.2 Å². The average molecular weight is 495 g/mol. The summed E-state index contributed by atoms with van der Waals surface area (Å²) in [6.45, 7) is 4.68. The van der Waals surface area contributed by atoms with Gasteiger partial charge in [0.05, 0.1) is 11.1 Å². The van der Waals surface area contributed by atoms with Crippen molar-refractivity contribution in [1.29, 1.82) is 0 Å². The Balaban J connectivity index is 1.57. The predicted octanol–water partition coefficient (Wildman–Crippen LogP) is 0.943. The van der Waals surface area contributed by atoms with Gasteiger partial charge in [-0.3, -0.25) is 23.9 Å². The molecule has 0 saturated carbocycles. The number of aliphatic hydroxyl groups is 1. The molecule has 0 aliphatic carbocycles. The van der Waals surface area contributed by atoms with Crippen LogP contribution in [-0.2, 0) is 20.7 Å². The van der Waals surface area contributed by atoms with Crippen LogP contribution in [0, 0.1) is 0 Å². The zero-order valence-electron chi connectivity index (χ0n) is 19.0. The number of H-pyrrole nitrogens is 1. The van der Waals surface area contributed by atoms with E-state index in [2.05, 4.69) is 15.6 Å². The smallest absolute Gasteiger partial charge is 0.330 e. The summed E-state index contributed by atoms with van der Waals surface area (Å²) in [7, 11) is 0. The Morgan fingerprint density at radius 3 is 2.76 bits per heavy atom. The fourth-order valence-corrected chi connectivity index (χ4v) is 3.75. The molecule has 1 unspecified atom stereocenters. The zero-order valence-corrected chi connectivity index (χ0v) is 19.7. The number of rotatable bonds is 8. The molecule has 184 valence electrons. The number of aliphatic hydroxyl groups excluding tert-OH is 1. The molecule has 0 radical (unpaired) electrons. The predicted molar refractivity (Wildman–Crippen MR) is 124 cm³/mol. The van der Waals surface area contributed by atoms with Gasteiger partial charge in [0.1, 0.15) is 18.1 Å². The number of halogens is 1. The van der Waals surface area contributed by atoms with Crippen LogP contribution in [0.4, 0.5) is 5.69 Å². The number of hydrogen-bond acceptors (Lipinski definition) is 7. The van der Waals surface area contributed by atoms with Gasteiger partial charge in [-0.15, -0.1) is 0 Å². The third kappa shape index (κ3) is 6.04. The molecule has 2 heterocycles. The second kappa shape index (κ2) is 10.9. The lowest BCUT2D eigenvalue weighted by Crippen LogP contribution is -2.42. The average Bonchev–Trinajstić information content (AvgIpc) is 3.13. The molecule has 1 aliphatic heterocycles. The molecule has 1 saturated heterocycles. The molecule has 3 rings (SSSR count). The summed E-state index contributed by atoms with van der Waals surface area (Å²) in [5, 5.41) is 15.8. The lowest BCUT2D eigenvalue weighted by atomic mass is 10.1. The molecule has 34 heavy (non-hydrogen) atoms. The van der Waals surface area contributed by atoms with E-state index >= 15 is 0 Å².